The summed E-state index contributed by atoms with van der Waals surface area (Å²) in [5.74, 6) is 2.05. The number of hydrogen-bond acceptors (Lipinski definition) is 2. The zero-order valence-corrected chi connectivity index (χ0v) is 13.6. The molecule has 1 aromatic rings. The molecule has 1 aromatic heterocycles. The molecule has 2 unspecified atom stereocenters. The summed E-state index contributed by atoms with van der Waals surface area (Å²) in [5, 5.41) is 7.54. The lowest BCUT2D eigenvalue weighted by atomic mass is 9.42. The van der Waals surface area contributed by atoms with Crippen molar-refractivity contribution in [3.05, 3.63) is 10.6 Å². The molecule has 5 rings (SSSR count). The Morgan fingerprint density at radius 1 is 1.20 bits per heavy atom. The summed E-state index contributed by atoms with van der Waals surface area (Å²) in [5.41, 5.74) is 1.29. The topological polar surface area (TPSA) is 33.6 Å². The molecule has 4 bridgehead atoms. The van der Waals surface area contributed by atoms with Crippen LogP contribution in [0.3, 0.4) is 0 Å². The number of rotatable bonds is 2. The maximum absolute atomic E-state index is 5.59. The highest BCUT2D eigenvalue weighted by molar-refractivity contribution is 7.71. The van der Waals surface area contributed by atoms with Crippen LogP contribution in [-0.4, -0.2) is 14.8 Å². The Bertz CT molecular complexity index is 595. The van der Waals surface area contributed by atoms with Crippen LogP contribution in [-0.2, 0) is 12.0 Å². The predicted octanol–water partition coefficient (Wildman–Crippen LogP) is 4.21. The molecule has 4 fully saturated rings. The molecule has 0 aliphatic heterocycles. The highest BCUT2D eigenvalue weighted by Crippen LogP contribution is 2.68. The molecule has 20 heavy (non-hydrogen) atoms. The van der Waals surface area contributed by atoms with Gasteiger partial charge in [0.15, 0.2) is 4.77 Å². The first-order valence-corrected chi connectivity index (χ1v) is 8.45. The van der Waals surface area contributed by atoms with E-state index in [4.69, 9.17) is 12.2 Å². The van der Waals surface area contributed by atoms with Gasteiger partial charge in [-0.15, -0.1) is 0 Å². The summed E-state index contributed by atoms with van der Waals surface area (Å²) >= 11 is 5.59. The molecule has 0 aromatic carbocycles. The summed E-state index contributed by atoms with van der Waals surface area (Å²) < 4.78 is 3.26. The van der Waals surface area contributed by atoms with Gasteiger partial charge in [-0.2, -0.15) is 5.10 Å². The molecule has 1 N–H and O–H groups in total. The predicted molar refractivity (Wildman–Crippen MR) is 82.2 cm³/mol. The van der Waals surface area contributed by atoms with E-state index in [0.29, 0.717) is 10.8 Å². The van der Waals surface area contributed by atoms with Crippen LogP contribution in [0.15, 0.2) is 0 Å². The maximum Gasteiger partial charge on any atom is 0.195 e. The van der Waals surface area contributed by atoms with Crippen LogP contribution in [0, 0.1) is 21.5 Å². The van der Waals surface area contributed by atoms with Crippen molar-refractivity contribution in [2.45, 2.75) is 71.3 Å². The number of aromatic amines is 1. The van der Waals surface area contributed by atoms with E-state index in [1.807, 2.05) is 0 Å². The zero-order chi connectivity index (χ0) is 14.2. The summed E-state index contributed by atoms with van der Waals surface area (Å²) in [6, 6.07) is 0. The van der Waals surface area contributed by atoms with Gasteiger partial charge in [-0.25, -0.2) is 0 Å². The number of H-pyrrole nitrogens is 1. The van der Waals surface area contributed by atoms with Crippen molar-refractivity contribution >= 4 is 12.2 Å². The van der Waals surface area contributed by atoms with E-state index in [1.165, 1.54) is 38.5 Å². The van der Waals surface area contributed by atoms with Crippen molar-refractivity contribution in [1.29, 1.82) is 0 Å². The number of nitrogens with zero attached hydrogens (tertiary/aromatic N) is 2. The standard InChI is InChI=1S/C16H25N3S/c1-4-12-17-18-13(20)19(12)16-7-11-5-14(2,9-16)8-15(3,6-11)10-16/h11H,4-10H2,1-3H3,(H,18,20). The first-order chi connectivity index (χ1) is 9.37. The van der Waals surface area contributed by atoms with Crippen LogP contribution in [0.2, 0.25) is 0 Å². The highest BCUT2D eigenvalue weighted by atomic mass is 32.1. The molecule has 0 saturated heterocycles. The fourth-order valence-corrected chi connectivity index (χ4v) is 7.04. The molecule has 0 amide bonds. The molecule has 0 radical (unpaired) electrons. The lowest BCUT2D eigenvalue weighted by Crippen LogP contribution is -2.59. The first-order valence-electron chi connectivity index (χ1n) is 8.04. The van der Waals surface area contributed by atoms with Gasteiger partial charge >= 0.3 is 0 Å². The summed E-state index contributed by atoms with van der Waals surface area (Å²) in [7, 11) is 0. The van der Waals surface area contributed by atoms with Gasteiger partial charge in [0, 0.05) is 12.0 Å². The van der Waals surface area contributed by atoms with E-state index >= 15 is 0 Å². The van der Waals surface area contributed by atoms with E-state index in [9.17, 15) is 0 Å². The highest BCUT2D eigenvalue weighted by Gasteiger charge is 2.61. The third-order valence-corrected chi connectivity index (χ3v) is 6.40. The van der Waals surface area contributed by atoms with Gasteiger partial charge in [0.05, 0.1) is 0 Å². The largest absolute Gasteiger partial charge is 0.298 e. The molecule has 2 atom stereocenters. The van der Waals surface area contributed by atoms with Gasteiger partial charge < -0.3 is 0 Å². The molecular formula is C16H25N3S. The van der Waals surface area contributed by atoms with Crippen LogP contribution >= 0.6 is 12.2 Å². The third kappa shape index (κ3) is 1.63. The fourth-order valence-electron chi connectivity index (χ4n) is 6.69. The second-order valence-electron chi connectivity index (χ2n) is 8.49. The molecule has 0 spiro atoms. The number of nitrogens with one attached hydrogen (secondary N) is 1. The number of aryl methyl sites for hydroxylation is 1. The van der Waals surface area contributed by atoms with Crippen LogP contribution < -0.4 is 0 Å². The summed E-state index contributed by atoms with van der Waals surface area (Å²) in [6.07, 6.45) is 9.14. The maximum atomic E-state index is 5.59. The van der Waals surface area contributed by atoms with Gasteiger partial charge in [0.25, 0.3) is 0 Å². The number of hydrogen-bond donors (Lipinski definition) is 1. The van der Waals surface area contributed by atoms with E-state index < -0.39 is 0 Å². The van der Waals surface area contributed by atoms with Gasteiger partial charge in [-0.05, 0) is 67.5 Å². The normalized spacial score (nSPS) is 46.0. The van der Waals surface area contributed by atoms with E-state index in [0.717, 1.165) is 22.9 Å². The quantitative estimate of drug-likeness (QED) is 0.828. The Morgan fingerprint density at radius 2 is 1.85 bits per heavy atom. The Hall–Kier alpha value is -0.640. The summed E-state index contributed by atoms with van der Waals surface area (Å²) in [4.78, 5) is 0. The second kappa shape index (κ2) is 3.76. The molecular weight excluding hydrogens is 266 g/mol. The molecule has 4 aliphatic rings. The monoisotopic (exact) mass is 291 g/mol. The summed E-state index contributed by atoms with van der Waals surface area (Å²) in [6.45, 7) is 7.21. The SMILES string of the molecule is CCc1n[nH]c(=S)n1C12CC3CC(C)(CC(C)(C3)C1)C2. The third-order valence-electron chi connectivity index (χ3n) is 6.13. The zero-order valence-electron chi connectivity index (χ0n) is 12.8. The molecule has 4 aliphatic carbocycles. The van der Waals surface area contributed by atoms with Crippen molar-refractivity contribution in [2.24, 2.45) is 16.7 Å². The molecule has 4 saturated carbocycles. The first kappa shape index (κ1) is 13.1. The number of aromatic nitrogens is 3. The van der Waals surface area contributed by atoms with Gasteiger partial charge in [0.1, 0.15) is 5.82 Å². The van der Waals surface area contributed by atoms with Gasteiger partial charge in [0.2, 0.25) is 0 Å². The van der Waals surface area contributed by atoms with E-state index in [-0.39, 0.29) is 5.54 Å². The lowest BCUT2D eigenvalue weighted by Gasteiger charge is -2.65. The Kier molecular flexibility index (Phi) is 2.45. The molecule has 3 nitrogen and oxygen atoms in total. The molecule has 4 heteroatoms. The van der Waals surface area contributed by atoms with Crippen molar-refractivity contribution in [3.63, 3.8) is 0 Å². The minimum Gasteiger partial charge on any atom is -0.298 e. The van der Waals surface area contributed by atoms with Crippen LogP contribution in [0.5, 0.6) is 0 Å². The van der Waals surface area contributed by atoms with Gasteiger partial charge in [-0.3, -0.25) is 9.67 Å². The smallest absolute Gasteiger partial charge is 0.195 e. The van der Waals surface area contributed by atoms with Crippen molar-refractivity contribution in [1.82, 2.24) is 14.8 Å². The van der Waals surface area contributed by atoms with E-state index in [1.54, 1.807) is 0 Å². The Labute approximate surface area is 126 Å². The Balaban J connectivity index is 1.89. The average molecular weight is 291 g/mol. The second-order valence-corrected chi connectivity index (χ2v) is 8.88. The van der Waals surface area contributed by atoms with Crippen LogP contribution in [0.4, 0.5) is 0 Å². The minimum absolute atomic E-state index is 0.248. The van der Waals surface area contributed by atoms with Gasteiger partial charge in [-0.1, -0.05) is 20.8 Å². The fraction of sp³-hybridized carbons (Fsp3) is 0.875. The van der Waals surface area contributed by atoms with Crippen molar-refractivity contribution < 1.29 is 0 Å². The minimum atomic E-state index is 0.248. The lowest BCUT2D eigenvalue weighted by molar-refractivity contribution is -0.137. The van der Waals surface area contributed by atoms with Crippen LogP contribution in [0.25, 0.3) is 0 Å². The van der Waals surface area contributed by atoms with E-state index in [2.05, 4.69) is 35.5 Å². The van der Waals surface area contributed by atoms with Crippen LogP contribution in [0.1, 0.15) is 65.1 Å². The molecule has 1 heterocycles. The molecule has 110 valence electrons. The van der Waals surface area contributed by atoms with Crippen molar-refractivity contribution in [3.8, 4) is 0 Å². The van der Waals surface area contributed by atoms with Crippen molar-refractivity contribution in [2.75, 3.05) is 0 Å². The Morgan fingerprint density at radius 3 is 2.40 bits per heavy atom. The average Bonchev–Trinajstić information content (AvgIpc) is 2.66.